The monoisotopic (exact) mass is 440 g/mol. The Labute approximate surface area is 193 Å². The lowest BCUT2D eigenvalue weighted by Crippen LogP contribution is -2.33. The minimum Gasteiger partial charge on any atom is -0.348 e. The molecule has 0 aliphatic heterocycles. The molecule has 2 N–H and O–H groups in total. The Morgan fingerprint density at radius 3 is 2.24 bits per heavy atom. The largest absolute Gasteiger partial charge is 0.348 e. The van der Waals surface area contributed by atoms with E-state index in [1.165, 1.54) is 0 Å². The van der Waals surface area contributed by atoms with Crippen molar-refractivity contribution in [3.8, 4) is 0 Å². The number of aromatic nitrogens is 2. The van der Waals surface area contributed by atoms with E-state index in [4.69, 9.17) is 4.98 Å². The molecule has 0 radical (unpaired) electrons. The Balaban J connectivity index is 1.55. The summed E-state index contributed by atoms with van der Waals surface area (Å²) in [6.45, 7) is 5.94. The number of hydrogen-bond donors (Lipinski definition) is 2. The van der Waals surface area contributed by atoms with Gasteiger partial charge in [-0.15, -0.1) is 0 Å². The average Bonchev–Trinajstić information content (AvgIpc) is 3.18. The van der Waals surface area contributed by atoms with Crippen molar-refractivity contribution in [2.75, 3.05) is 0 Å². The molecular weight excluding hydrogens is 412 g/mol. The van der Waals surface area contributed by atoms with Crippen LogP contribution in [0.15, 0.2) is 78.9 Å². The maximum absolute atomic E-state index is 12.9. The Kier molecular flexibility index (Phi) is 6.54. The molecule has 168 valence electrons. The summed E-state index contributed by atoms with van der Waals surface area (Å²) in [5.41, 5.74) is 4.36. The Bertz CT molecular complexity index is 1260. The number of imidazole rings is 1. The van der Waals surface area contributed by atoms with Gasteiger partial charge in [0.25, 0.3) is 5.91 Å². The van der Waals surface area contributed by atoms with E-state index < -0.39 is 0 Å². The Morgan fingerprint density at radius 2 is 1.52 bits per heavy atom. The summed E-state index contributed by atoms with van der Waals surface area (Å²) in [6, 6.07) is 24.5. The van der Waals surface area contributed by atoms with E-state index in [9.17, 15) is 9.59 Å². The molecule has 3 aromatic carbocycles. The minimum absolute atomic E-state index is 0.109. The van der Waals surface area contributed by atoms with E-state index in [1.54, 1.807) is 12.1 Å². The van der Waals surface area contributed by atoms with Crippen LogP contribution in [0.25, 0.3) is 11.0 Å². The number of carbonyl (C=O) groups is 2. The van der Waals surface area contributed by atoms with Gasteiger partial charge >= 0.3 is 0 Å². The maximum atomic E-state index is 12.9. The zero-order valence-electron chi connectivity index (χ0n) is 19.1. The molecule has 0 spiro atoms. The third-order valence-corrected chi connectivity index (χ3v) is 5.71. The number of fused-ring (bicyclic) bond motifs is 1. The van der Waals surface area contributed by atoms with Crippen molar-refractivity contribution in [1.82, 2.24) is 20.2 Å². The highest BCUT2D eigenvalue weighted by Crippen LogP contribution is 2.22. The van der Waals surface area contributed by atoms with Crippen LogP contribution in [0.5, 0.6) is 0 Å². The summed E-state index contributed by atoms with van der Waals surface area (Å²) in [5.74, 6) is 0.343. The van der Waals surface area contributed by atoms with Gasteiger partial charge in [0.2, 0.25) is 5.91 Å². The van der Waals surface area contributed by atoms with Crippen LogP contribution in [-0.4, -0.2) is 21.4 Å². The van der Waals surface area contributed by atoms with Gasteiger partial charge in [0.05, 0.1) is 23.1 Å². The van der Waals surface area contributed by atoms with Gasteiger partial charge in [-0.25, -0.2) is 4.98 Å². The summed E-state index contributed by atoms with van der Waals surface area (Å²) in [4.78, 5) is 30.4. The fraction of sp³-hybridized carbons (Fsp3) is 0.222. The maximum Gasteiger partial charge on any atom is 0.251 e. The van der Waals surface area contributed by atoms with Gasteiger partial charge in [-0.2, -0.15) is 0 Å². The predicted octanol–water partition coefficient (Wildman–Crippen LogP) is 4.71. The molecule has 1 aromatic heterocycles. The predicted molar refractivity (Wildman–Crippen MR) is 130 cm³/mol. The van der Waals surface area contributed by atoms with E-state index >= 15 is 0 Å². The Morgan fingerprint density at radius 1 is 0.848 bits per heavy atom. The van der Waals surface area contributed by atoms with E-state index in [0.717, 1.165) is 22.2 Å². The van der Waals surface area contributed by atoms with Crippen LogP contribution < -0.4 is 10.6 Å². The van der Waals surface area contributed by atoms with Crippen LogP contribution in [0.1, 0.15) is 53.2 Å². The van der Waals surface area contributed by atoms with Crippen molar-refractivity contribution in [1.29, 1.82) is 0 Å². The van der Waals surface area contributed by atoms with Crippen molar-refractivity contribution in [3.05, 3.63) is 101 Å². The van der Waals surface area contributed by atoms with E-state index in [1.807, 2.05) is 92.1 Å². The molecule has 33 heavy (non-hydrogen) atoms. The fourth-order valence-electron chi connectivity index (χ4n) is 3.90. The smallest absolute Gasteiger partial charge is 0.251 e. The number of amides is 2. The molecule has 0 saturated carbocycles. The van der Waals surface area contributed by atoms with Crippen LogP contribution in [0.2, 0.25) is 0 Å². The number of nitrogens with zero attached hydrogens (tertiary/aromatic N) is 2. The first kappa shape index (κ1) is 22.3. The minimum atomic E-state index is -0.384. The van der Waals surface area contributed by atoms with Gasteiger partial charge in [-0.05, 0) is 50.6 Å². The number of benzene rings is 3. The normalized spacial score (nSPS) is 12.8. The SMILES string of the molecule is Cc1ccc(C(=O)NC(C)c2nc3ccccc3n2CC(=O)NC(C)c2ccccc2)cc1. The molecular formula is C27H28N4O2. The molecule has 0 aliphatic rings. The molecule has 2 amide bonds. The molecule has 2 atom stereocenters. The molecule has 0 saturated heterocycles. The number of aryl methyl sites for hydroxylation is 1. The van der Waals surface area contributed by atoms with Crippen LogP contribution in [0, 0.1) is 6.92 Å². The second-order valence-electron chi connectivity index (χ2n) is 8.31. The molecule has 1 heterocycles. The second-order valence-corrected chi connectivity index (χ2v) is 8.31. The number of hydrogen-bond acceptors (Lipinski definition) is 3. The highest BCUT2D eigenvalue weighted by molar-refractivity contribution is 5.94. The zero-order valence-corrected chi connectivity index (χ0v) is 19.1. The molecule has 0 aliphatic carbocycles. The van der Waals surface area contributed by atoms with Crippen LogP contribution in [-0.2, 0) is 11.3 Å². The van der Waals surface area contributed by atoms with Crippen LogP contribution in [0.3, 0.4) is 0 Å². The van der Waals surface area contributed by atoms with Crippen molar-refractivity contribution < 1.29 is 9.59 Å². The number of carbonyl (C=O) groups excluding carboxylic acids is 2. The quantitative estimate of drug-likeness (QED) is 0.437. The highest BCUT2D eigenvalue weighted by atomic mass is 16.2. The van der Waals surface area contributed by atoms with Crippen molar-refractivity contribution in [2.24, 2.45) is 0 Å². The summed E-state index contributed by atoms with van der Waals surface area (Å²) in [7, 11) is 0. The van der Waals surface area contributed by atoms with Crippen molar-refractivity contribution in [3.63, 3.8) is 0 Å². The van der Waals surface area contributed by atoms with E-state index in [2.05, 4.69) is 10.6 Å². The van der Waals surface area contributed by atoms with Crippen molar-refractivity contribution >= 4 is 22.8 Å². The molecule has 2 unspecified atom stereocenters. The van der Waals surface area contributed by atoms with E-state index in [-0.39, 0.29) is 30.4 Å². The molecule has 6 heteroatoms. The first-order valence-corrected chi connectivity index (χ1v) is 11.1. The topological polar surface area (TPSA) is 76.0 Å². The highest BCUT2D eigenvalue weighted by Gasteiger charge is 2.21. The summed E-state index contributed by atoms with van der Waals surface area (Å²) >= 11 is 0. The average molecular weight is 441 g/mol. The molecule has 0 fully saturated rings. The lowest BCUT2D eigenvalue weighted by Gasteiger charge is -2.18. The number of nitrogens with one attached hydrogen (secondary N) is 2. The third-order valence-electron chi connectivity index (χ3n) is 5.71. The van der Waals surface area contributed by atoms with Gasteiger partial charge in [-0.1, -0.05) is 60.2 Å². The second kappa shape index (κ2) is 9.69. The standard InChI is InChI=1S/C27H28N4O2/c1-18-13-15-22(16-14-18)27(33)29-20(3)26-30-23-11-7-8-12-24(23)31(26)17-25(32)28-19(2)21-9-5-4-6-10-21/h4-16,19-20H,17H2,1-3H3,(H,28,32)(H,29,33). The van der Waals surface area contributed by atoms with Crippen LogP contribution in [0.4, 0.5) is 0 Å². The van der Waals surface area contributed by atoms with Gasteiger partial charge in [0, 0.05) is 5.56 Å². The van der Waals surface area contributed by atoms with Gasteiger partial charge in [-0.3, -0.25) is 9.59 Å². The van der Waals surface area contributed by atoms with Crippen molar-refractivity contribution in [2.45, 2.75) is 39.4 Å². The lowest BCUT2D eigenvalue weighted by atomic mass is 10.1. The molecule has 0 bridgehead atoms. The van der Waals surface area contributed by atoms with Gasteiger partial charge in [0.15, 0.2) is 0 Å². The van der Waals surface area contributed by atoms with Gasteiger partial charge < -0.3 is 15.2 Å². The summed E-state index contributed by atoms with van der Waals surface area (Å²) in [5, 5.41) is 6.08. The molecule has 6 nitrogen and oxygen atoms in total. The number of para-hydroxylation sites is 2. The number of rotatable bonds is 7. The third kappa shape index (κ3) is 5.12. The molecule has 4 aromatic rings. The Hall–Kier alpha value is -3.93. The first-order chi connectivity index (χ1) is 15.9. The zero-order chi connectivity index (χ0) is 23.4. The fourth-order valence-corrected chi connectivity index (χ4v) is 3.90. The molecule has 4 rings (SSSR count). The van der Waals surface area contributed by atoms with Crippen LogP contribution >= 0.6 is 0 Å². The summed E-state index contributed by atoms with van der Waals surface area (Å²) in [6.07, 6.45) is 0. The summed E-state index contributed by atoms with van der Waals surface area (Å²) < 4.78 is 1.88. The first-order valence-electron chi connectivity index (χ1n) is 11.1. The van der Waals surface area contributed by atoms with Gasteiger partial charge in [0.1, 0.15) is 12.4 Å². The van der Waals surface area contributed by atoms with E-state index in [0.29, 0.717) is 11.4 Å². The lowest BCUT2D eigenvalue weighted by molar-refractivity contribution is -0.122.